The zero-order chi connectivity index (χ0) is 15.4. The highest BCUT2D eigenvalue weighted by Gasteiger charge is 2.30. The molecule has 0 aliphatic carbocycles. The molecular weight excluding hydrogens is 270 g/mol. The van der Waals surface area contributed by atoms with Crippen molar-refractivity contribution in [3.63, 3.8) is 0 Å². The van der Waals surface area contributed by atoms with E-state index in [4.69, 9.17) is 5.11 Å². The first kappa shape index (κ1) is 16.1. The number of aliphatic carboxylic acids is 1. The second-order valence-electron chi connectivity index (χ2n) is 6.48. The number of rotatable bonds is 3. The van der Waals surface area contributed by atoms with E-state index in [0.717, 1.165) is 45.3 Å². The van der Waals surface area contributed by atoms with E-state index in [2.05, 4.69) is 11.9 Å². The largest absolute Gasteiger partial charge is 0.481 e. The maximum Gasteiger partial charge on any atom is 0.320 e. The fourth-order valence-electron chi connectivity index (χ4n) is 3.41. The lowest BCUT2D eigenvalue weighted by molar-refractivity contribution is -0.138. The molecule has 0 spiro atoms. The van der Waals surface area contributed by atoms with Gasteiger partial charge in [-0.25, -0.2) is 4.79 Å². The molecule has 120 valence electrons. The molecule has 2 fully saturated rings. The molecule has 2 rings (SSSR count). The molecule has 0 aromatic carbocycles. The maximum absolute atomic E-state index is 12.6. The van der Waals surface area contributed by atoms with Crippen LogP contribution in [0.4, 0.5) is 4.79 Å². The van der Waals surface area contributed by atoms with Crippen LogP contribution < -0.4 is 0 Å². The first-order valence-electron chi connectivity index (χ1n) is 7.89. The van der Waals surface area contributed by atoms with Crippen LogP contribution in [0, 0.1) is 5.92 Å². The van der Waals surface area contributed by atoms with Crippen LogP contribution in [-0.2, 0) is 4.79 Å². The van der Waals surface area contributed by atoms with Crippen molar-refractivity contribution in [1.29, 1.82) is 0 Å². The van der Waals surface area contributed by atoms with Gasteiger partial charge in [0.25, 0.3) is 0 Å². The summed E-state index contributed by atoms with van der Waals surface area (Å²) in [5, 5.41) is 8.91. The van der Waals surface area contributed by atoms with Crippen LogP contribution in [0.3, 0.4) is 0 Å². The molecular formula is C15H27N3O3. The number of carbonyl (C=O) groups is 2. The standard InChI is InChI=1S/C15H27N3O3/c1-16-8-5-13(6-9-16)17(2)15(21)18-7-3-4-12(11-18)10-14(19)20/h12-13H,3-11H2,1-2H3,(H,19,20). The van der Waals surface area contributed by atoms with Crippen molar-refractivity contribution in [2.75, 3.05) is 40.3 Å². The van der Waals surface area contributed by atoms with Crippen molar-refractivity contribution >= 4 is 12.0 Å². The SMILES string of the molecule is CN1CCC(N(C)C(=O)N2CCCC(CC(=O)O)C2)CC1. The first-order chi connectivity index (χ1) is 9.97. The van der Waals surface area contributed by atoms with Crippen molar-refractivity contribution in [3.05, 3.63) is 0 Å². The Kier molecular flexibility index (Phi) is 5.45. The number of piperidine rings is 2. The van der Waals surface area contributed by atoms with Crippen LogP contribution in [0.15, 0.2) is 0 Å². The Morgan fingerprint density at radius 1 is 1.19 bits per heavy atom. The summed E-state index contributed by atoms with van der Waals surface area (Å²) in [6, 6.07) is 0.383. The predicted octanol–water partition coefficient (Wildman–Crippen LogP) is 1.32. The highest BCUT2D eigenvalue weighted by Crippen LogP contribution is 2.22. The molecule has 1 atom stereocenters. The lowest BCUT2D eigenvalue weighted by atomic mass is 9.95. The molecule has 2 saturated heterocycles. The van der Waals surface area contributed by atoms with E-state index in [0.29, 0.717) is 12.6 Å². The topological polar surface area (TPSA) is 64.1 Å². The lowest BCUT2D eigenvalue weighted by Crippen LogP contribution is -2.52. The van der Waals surface area contributed by atoms with Gasteiger partial charge < -0.3 is 19.8 Å². The molecule has 0 saturated carbocycles. The second-order valence-corrected chi connectivity index (χ2v) is 6.48. The first-order valence-corrected chi connectivity index (χ1v) is 7.89. The summed E-state index contributed by atoms with van der Waals surface area (Å²) in [7, 11) is 4.00. The smallest absolute Gasteiger partial charge is 0.320 e. The van der Waals surface area contributed by atoms with Crippen LogP contribution in [-0.4, -0.2) is 78.1 Å². The van der Waals surface area contributed by atoms with E-state index in [1.165, 1.54) is 0 Å². The van der Waals surface area contributed by atoms with Gasteiger partial charge in [0.05, 0.1) is 0 Å². The molecule has 0 bridgehead atoms. The van der Waals surface area contributed by atoms with Gasteiger partial charge in [-0.05, 0) is 51.7 Å². The monoisotopic (exact) mass is 297 g/mol. The Morgan fingerprint density at radius 3 is 2.48 bits per heavy atom. The van der Waals surface area contributed by atoms with Crippen molar-refractivity contribution < 1.29 is 14.7 Å². The van der Waals surface area contributed by atoms with Gasteiger partial charge in [0.2, 0.25) is 0 Å². The Labute approximate surface area is 126 Å². The zero-order valence-corrected chi connectivity index (χ0v) is 13.1. The number of carboxylic acids is 1. The maximum atomic E-state index is 12.6. The second kappa shape index (κ2) is 7.11. The number of amides is 2. The van der Waals surface area contributed by atoms with E-state index < -0.39 is 5.97 Å². The fourth-order valence-corrected chi connectivity index (χ4v) is 3.41. The molecule has 21 heavy (non-hydrogen) atoms. The predicted molar refractivity (Wildman–Crippen MR) is 80.2 cm³/mol. The summed E-state index contributed by atoms with van der Waals surface area (Å²) in [6.45, 7) is 3.40. The molecule has 0 aromatic heterocycles. The van der Waals surface area contributed by atoms with E-state index >= 15 is 0 Å². The average molecular weight is 297 g/mol. The Hall–Kier alpha value is -1.30. The van der Waals surface area contributed by atoms with Crippen LogP contribution >= 0.6 is 0 Å². The summed E-state index contributed by atoms with van der Waals surface area (Å²) < 4.78 is 0. The van der Waals surface area contributed by atoms with Crippen LogP contribution in [0.5, 0.6) is 0 Å². The van der Waals surface area contributed by atoms with Crippen molar-refractivity contribution in [1.82, 2.24) is 14.7 Å². The third-order valence-corrected chi connectivity index (χ3v) is 4.79. The third-order valence-electron chi connectivity index (χ3n) is 4.79. The quantitative estimate of drug-likeness (QED) is 0.853. The Bertz CT molecular complexity index is 380. The minimum absolute atomic E-state index is 0.0691. The van der Waals surface area contributed by atoms with Crippen molar-refractivity contribution in [3.8, 4) is 0 Å². The summed E-state index contributed by atoms with van der Waals surface area (Å²) in [6.07, 6.45) is 4.02. The molecule has 6 nitrogen and oxygen atoms in total. The molecule has 1 unspecified atom stereocenters. The van der Waals surface area contributed by atoms with Crippen LogP contribution in [0.25, 0.3) is 0 Å². The molecule has 0 aromatic rings. The highest BCUT2D eigenvalue weighted by molar-refractivity contribution is 5.75. The van der Waals surface area contributed by atoms with Gasteiger partial charge in [0, 0.05) is 32.6 Å². The molecule has 2 aliphatic heterocycles. The van der Waals surface area contributed by atoms with E-state index in [-0.39, 0.29) is 18.4 Å². The normalized spacial score (nSPS) is 24.9. The Balaban J connectivity index is 1.87. The van der Waals surface area contributed by atoms with Crippen molar-refractivity contribution in [2.24, 2.45) is 5.92 Å². The molecule has 2 amide bonds. The number of hydrogen-bond acceptors (Lipinski definition) is 3. The average Bonchev–Trinajstić information content (AvgIpc) is 2.46. The van der Waals surface area contributed by atoms with Gasteiger partial charge in [0.15, 0.2) is 0 Å². The number of carboxylic acid groups (broad SMARTS) is 1. The van der Waals surface area contributed by atoms with Gasteiger partial charge in [-0.15, -0.1) is 0 Å². The number of hydrogen-bond donors (Lipinski definition) is 1. The number of likely N-dealkylation sites (tertiary alicyclic amines) is 2. The molecule has 6 heteroatoms. The lowest BCUT2D eigenvalue weighted by Gasteiger charge is -2.40. The number of carbonyl (C=O) groups excluding carboxylic acids is 1. The summed E-state index contributed by atoms with van der Waals surface area (Å²) in [5.74, 6) is -0.663. The van der Waals surface area contributed by atoms with Gasteiger partial charge in [-0.1, -0.05) is 0 Å². The fraction of sp³-hybridized carbons (Fsp3) is 0.867. The molecule has 0 radical (unpaired) electrons. The number of nitrogens with zero attached hydrogens (tertiary/aromatic N) is 3. The van der Waals surface area contributed by atoms with Crippen molar-refractivity contribution in [2.45, 2.75) is 38.1 Å². The summed E-state index contributed by atoms with van der Waals surface area (Å²) >= 11 is 0. The van der Waals surface area contributed by atoms with Gasteiger partial charge in [-0.2, -0.15) is 0 Å². The number of urea groups is 1. The molecule has 2 heterocycles. The minimum Gasteiger partial charge on any atom is -0.481 e. The minimum atomic E-state index is -0.766. The summed E-state index contributed by atoms with van der Waals surface area (Å²) in [4.78, 5) is 29.4. The highest BCUT2D eigenvalue weighted by atomic mass is 16.4. The molecule has 1 N–H and O–H groups in total. The van der Waals surface area contributed by atoms with Gasteiger partial charge in [0.1, 0.15) is 0 Å². The van der Waals surface area contributed by atoms with E-state index in [9.17, 15) is 9.59 Å². The van der Waals surface area contributed by atoms with E-state index in [1.807, 2.05) is 16.8 Å². The van der Waals surface area contributed by atoms with Gasteiger partial charge in [-0.3, -0.25) is 4.79 Å². The van der Waals surface area contributed by atoms with Crippen LogP contribution in [0.2, 0.25) is 0 Å². The zero-order valence-electron chi connectivity index (χ0n) is 13.1. The molecule has 2 aliphatic rings. The van der Waals surface area contributed by atoms with Gasteiger partial charge >= 0.3 is 12.0 Å². The summed E-state index contributed by atoms with van der Waals surface area (Å²) in [5.41, 5.74) is 0. The third kappa shape index (κ3) is 4.33. The van der Waals surface area contributed by atoms with E-state index in [1.54, 1.807) is 0 Å². The Morgan fingerprint density at radius 2 is 1.86 bits per heavy atom. The van der Waals surface area contributed by atoms with Crippen LogP contribution in [0.1, 0.15) is 32.1 Å².